The van der Waals surface area contributed by atoms with Gasteiger partial charge >= 0.3 is 12.0 Å². The van der Waals surface area contributed by atoms with Crippen LogP contribution in [-0.2, 0) is 9.63 Å². The van der Waals surface area contributed by atoms with Gasteiger partial charge in [-0.3, -0.25) is 4.84 Å². The summed E-state index contributed by atoms with van der Waals surface area (Å²) in [7, 11) is 0. The average molecular weight is 242 g/mol. The van der Waals surface area contributed by atoms with Gasteiger partial charge in [0, 0.05) is 6.54 Å². The Hall–Kier alpha value is -1.30. The SMILES string of the molecule is O=C(O)CONC(=O)NCC1CC2CCC1C2. The van der Waals surface area contributed by atoms with Crippen LogP contribution in [0.2, 0.25) is 0 Å². The van der Waals surface area contributed by atoms with E-state index in [-0.39, 0.29) is 0 Å². The van der Waals surface area contributed by atoms with Crippen molar-refractivity contribution in [3.63, 3.8) is 0 Å². The molecule has 0 heterocycles. The van der Waals surface area contributed by atoms with E-state index in [4.69, 9.17) is 5.11 Å². The number of fused-ring (bicyclic) bond motifs is 2. The smallest absolute Gasteiger partial charge is 0.338 e. The van der Waals surface area contributed by atoms with Crippen molar-refractivity contribution >= 4 is 12.0 Å². The Kier molecular flexibility index (Phi) is 3.83. The molecule has 0 aromatic rings. The second kappa shape index (κ2) is 5.35. The molecule has 0 spiro atoms. The number of hydrogen-bond acceptors (Lipinski definition) is 3. The zero-order valence-electron chi connectivity index (χ0n) is 9.65. The van der Waals surface area contributed by atoms with E-state index in [0.29, 0.717) is 12.5 Å². The van der Waals surface area contributed by atoms with Gasteiger partial charge in [-0.2, -0.15) is 0 Å². The lowest BCUT2D eigenvalue weighted by Gasteiger charge is -2.21. The van der Waals surface area contributed by atoms with Crippen LogP contribution in [0.1, 0.15) is 25.7 Å². The minimum Gasteiger partial charge on any atom is -0.479 e. The number of carbonyl (C=O) groups excluding carboxylic acids is 1. The quantitative estimate of drug-likeness (QED) is 0.620. The van der Waals surface area contributed by atoms with Crippen molar-refractivity contribution in [2.24, 2.45) is 17.8 Å². The first kappa shape index (κ1) is 12.2. The van der Waals surface area contributed by atoms with Crippen LogP contribution in [-0.4, -0.2) is 30.3 Å². The molecule has 2 fully saturated rings. The molecule has 6 heteroatoms. The lowest BCUT2D eigenvalue weighted by atomic mass is 9.89. The summed E-state index contributed by atoms with van der Waals surface area (Å²) in [5, 5.41) is 11.0. The summed E-state index contributed by atoms with van der Waals surface area (Å²) in [6, 6.07) is -0.464. The van der Waals surface area contributed by atoms with Crippen LogP contribution in [0.4, 0.5) is 4.79 Å². The molecule has 0 aromatic carbocycles. The Morgan fingerprint density at radius 3 is 2.71 bits per heavy atom. The number of urea groups is 1. The second-order valence-electron chi connectivity index (χ2n) is 4.93. The Morgan fingerprint density at radius 2 is 2.12 bits per heavy atom. The molecule has 3 N–H and O–H groups in total. The number of amides is 2. The van der Waals surface area contributed by atoms with Gasteiger partial charge in [-0.1, -0.05) is 6.42 Å². The maximum absolute atomic E-state index is 11.2. The zero-order chi connectivity index (χ0) is 12.3. The van der Waals surface area contributed by atoms with Crippen molar-refractivity contribution in [3.05, 3.63) is 0 Å². The molecule has 0 radical (unpaired) electrons. The summed E-state index contributed by atoms with van der Waals surface area (Å²) in [5.74, 6) is 1.09. The van der Waals surface area contributed by atoms with Crippen LogP contribution >= 0.6 is 0 Å². The van der Waals surface area contributed by atoms with Crippen molar-refractivity contribution in [1.29, 1.82) is 0 Å². The first-order valence-corrected chi connectivity index (χ1v) is 6.02. The Bertz CT molecular complexity index is 308. The van der Waals surface area contributed by atoms with Crippen molar-refractivity contribution in [1.82, 2.24) is 10.8 Å². The highest BCUT2D eigenvalue weighted by atomic mass is 16.7. The molecule has 2 bridgehead atoms. The third-order valence-corrected chi connectivity index (χ3v) is 3.77. The topological polar surface area (TPSA) is 87.7 Å². The van der Waals surface area contributed by atoms with Crippen LogP contribution in [0.25, 0.3) is 0 Å². The first-order chi connectivity index (χ1) is 8.15. The van der Waals surface area contributed by atoms with E-state index in [1.54, 1.807) is 0 Å². The third-order valence-electron chi connectivity index (χ3n) is 3.77. The van der Waals surface area contributed by atoms with E-state index in [0.717, 1.165) is 11.8 Å². The summed E-state index contributed by atoms with van der Waals surface area (Å²) in [6.07, 6.45) is 5.15. The highest BCUT2D eigenvalue weighted by molar-refractivity contribution is 5.73. The average Bonchev–Trinajstić information content (AvgIpc) is 2.87. The fourth-order valence-electron chi connectivity index (χ4n) is 3.05. The summed E-state index contributed by atoms with van der Waals surface area (Å²) >= 11 is 0. The molecule has 2 saturated carbocycles. The van der Waals surface area contributed by atoms with Crippen LogP contribution in [0.15, 0.2) is 0 Å². The largest absolute Gasteiger partial charge is 0.479 e. The molecule has 17 heavy (non-hydrogen) atoms. The molecule has 0 saturated heterocycles. The minimum atomic E-state index is -1.11. The molecule has 6 nitrogen and oxygen atoms in total. The Balaban J connectivity index is 1.58. The van der Waals surface area contributed by atoms with E-state index < -0.39 is 18.6 Å². The molecule has 2 aliphatic carbocycles. The van der Waals surface area contributed by atoms with Crippen LogP contribution in [0.3, 0.4) is 0 Å². The molecule has 96 valence electrons. The van der Waals surface area contributed by atoms with E-state index >= 15 is 0 Å². The Labute approximate surface area is 99.7 Å². The molecule has 0 aliphatic heterocycles. The van der Waals surface area contributed by atoms with Crippen molar-refractivity contribution in [2.45, 2.75) is 25.7 Å². The number of carbonyl (C=O) groups is 2. The van der Waals surface area contributed by atoms with Gasteiger partial charge in [0.1, 0.15) is 0 Å². The van der Waals surface area contributed by atoms with Crippen LogP contribution in [0, 0.1) is 17.8 Å². The van der Waals surface area contributed by atoms with Gasteiger partial charge < -0.3 is 10.4 Å². The fraction of sp³-hybridized carbons (Fsp3) is 0.818. The molecule has 0 aromatic heterocycles. The molecule has 2 aliphatic rings. The van der Waals surface area contributed by atoms with Gasteiger partial charge in [0.2, 0.25) is 0 Å². The number of hydroxylamine groups is 1. The summed E-state index contributed by atoms with van der Waals surface area (Å²) in [4.78, 5) is 25.9. The Morgan fingerprint density at radius 1 is 1.29 bits per heavy atom. The molecule has 2 rings (SSSR count). The van der Waals surface area contributed by atoms with E-state index in [2.05, 4.69) is 15.6 Å². The summed E-state index contributed by atoms with van der Waals surface area (Å²) < 4.78 is 0. The lowest BCUT2D eigenvalue weighted by molar-refractivity contribution is -0.144. The first-order valence-electron chi connectivity index (χ1n) is 6.02. The highest BCUT2D eigenvalue weighted by Gasteiger charge is 2.39. The van der Waals surface area contributed by atoms with Gasteiger partial charge in [-0.25, -0.2) is 15.1 Å². The predicted octanol–water partition coefficient (Wildman–Crippen LogP) is 0.738. The second-order valence-corrected chi connectivity index (χ2v) is 4.93. The zero-order valence-corrected chi connectivity index (χ0v) is 9.65. The maximum atomic E-state index is 11.2. The molecule has 3 unspecified atom stereocenters. The summed E-state index contributed by atoms with van der Waals surface area (Å²) in [5.41, 5.74) is 2.05. The number of carboxylic acids is 1. The standard InChI is InChI=1S/C11H18N2O4/c14-10(15)6-17-13-11(16)12-5-9-4-7-1-2-8(9)3-7/h7-9H,1-6H2,(H,14,15)(H2,12,13,16). The van der Waals surface area contributed by atoms with Crippen LogP contribution < -0.4 is 10.8 Å². The number of aliphatic carboxylic acids is 1. The van der Waals surface area contributed by atoms with Crippen molar-refractivity contribution < 1.29 is 19.5 Å². The minimum absolute atomic E-state index is 0.464. The lowest BCUT2D eigenvalue weighted by Crippen LogP contribution is -2.39. The normalized spacial score (nSPS) is 30.2. The maximum Gasteiger partial charge on any atom is 0.338 e. The number of nitrogens with one attached hydrogen (secondary N) is 2. The van der Waals surface area contributed by atoms with Crippen LogP contribution in [0.5, 0.6) is 0 Å². The summed E-state index contributed by atoms with van der Waals surface area (Å²) in [6.45, 7) is 0.130. The molecular weight excluding hydrogens is 224 g/mol. The molecule has 2 amide bonds. The van der Waals surface area contributed by atoms with Gasteiger partial charge in [0.05, 0.1) is 0 Å². The van der Waals surface area contributed by atoms with E-state index in [1.807, 2.05) is 0 Å². The van der Waals surface area contributed by atoms with E-state index in [9.17, 15) is 9.59 Å². The number of hydrogen-bond donors (Lipinski definition) is 3. The molecule has 3 atom stereocenters. The number of carboxylic acid groups (broad SMARTS) is 1. The third kappa shape index (κ3) is 3.33. The highest BCUT2D eigenvalue weighted by Crippen LogP contribution is 2.47. The van der Waals surface area contributed by atoms with E-state index in [1.165, 1.54) is 25.7 Å². The van der Waals surface area contributed by atoms with Crippen molar-refractivity contribution in [3.8, 4) is 0 Å². The van der Waals surface area contributed by atoms with Crippen molar-refractivity contribution in [2.75, 3.05) is 13.2 Å². The molecular formula is C11H18N2O4. The van der Waals surface area contributed by atoms with Gasteiger partial charge in [0.25, 0.3) is 0 Å². The van der Waals surface area contributed by atoms with Gasteiger partial charge in [0.15, 0.2) is 6.61 Å². The van der Waals surface area contributed by atoms with Gasteiger partial charge in [-0.15, -0.1) is 0 Å². The fourth-order valence-corrected chi connectivity index (χ4v) is 3.05. The van der Waals surface area contributed by atoms with Gasteiger partial charge in [-0.05, 0) is 37.0 Å². The predicted molar refractivity (Wildman–Crippen MR) is 59.1 cm³/mol. The number of rotatable bonds is 5. The monoisotopic (exact) mass is 242 g/mol.